The molecule has 0 aliphatic heterocycles. The maximum atomic E-state index is 11.3. The fourth-order valence-electron chi connectivity index (χ4n) is 1.55. The minimum absolute atomic E-state index is 0.459. The summed E-state index contributed by atoms with van der Waals surface area (Å²) in [7, 11) is -5.67. The van der Waals surface area contributed by atoms with Gasteiger partial charge in [-0.2, -0.15) is 8.42 Å². The van der Waals surface area contributed by atoms with Gasteiger partial charge in [-0.25, -0.2) is 4.79 Å². The molecule has 0 aliphatic carbocycles. The van der Waals surface area contributed by atoms with Crippen molar-refractivity contribution in [3.8, 4) is 0 Å². The summed E-state index contributed by atoms with van der Waals surface area (Å²) >= 11 is 0. The number of carbonyl (C=O) groups is 4. The number of ketones is 2. The number of hydrogen-bond donors (Lipinski definition) is 3. The standard InChI is InChI=1S/C8H10O9S/c1-3(9)5(6(11)12)8(4(2)10,7(13)14)18(15,16)17/h5H,1-2H3,(H,11,12)(H,13,14)(H,15,16,17). The van der Waals surface area contributed by atoms with Crippen LogP contribution in [-0.2, 0) is 29.3 Å². The monoisotopic (exact) mass is 282 g/mol. The molecular formula is C8H10O9S. The maximum absolute atomic E-state index is 11.3. The summed E-state index contributed by atoms with van der Waals surface area (Å²) in [5.74, 6) is -10.4. The van der Waals surface area contributed by atoms with Gasteiger partial charge in [0.1, 0.15) is 5.78 Å². The van der Waals surface area contributed by atoms with Gasteiger partial charge in [0.15, 0.2) is 11.7 Å². The molecule has 0 saturated carbocycles. The van der Waals surface area contributed by atoms with Crippen molar-refractivity contribution in [1.29, 1.82) is 0 Å². The summed E-state index contributed by atoms with van der Waals surface area (Å²) < 4.78 is 27.4. The molecule has 102 valence electrons. The lowest BCUT2D eigenvalue weighted by molar-refractivity contribution is -0.158. The van der Waals surface area contributed by atoms with Crippen molar-refractivity contribution in [2.75, 3.05) is 0 Å². The number of carboxylic acids is 2. The van der Waals surface area contributed by atoms with Crippen LogP contribution >= 0.6 is 0 Å². The van der Waals surface area contributed by atoms with Crippen molar-refractivity contribution in [2.24, 2.45) is 5.92 Å². The van der Waals surface area contributed by atoms with Crippen LogP contribution in [0.3, 0.4) is 0 Å². The Morgan fingerprint density at radius 3 is 1.50 bits per heavy atom. The van der Waals surface area contributed by atoms with Crippen LogP contribution in [0.1, 0.15) is 13.8 Å². The zero-order chi connectivity index (χ0) is 14.9. The molecule has 0 aromatic carbocycles. The van der Waals surface area contributed by atoms with E-state index in [-0.39, 0.29) is 0 Å². The van der Waals surface area contributed by atoms with E-state index in [9.17, 15) is 27.6 Å². The lowest BCUT2D eigenvalue weighted by Crippen LogP contribution is -2.61. The first-order chi connectivity index (χ1) is 7.90. The lowest BCUT2D eigenvalue weighted by Gasteiger charge is -2.27. The molecule has 0 aliphatic rings. The SMILES string of the molecule is CC(=O)C(C(=O)O)C(C(C)=O)(C(=O)O)S(=O)(=O)O. The topological polar surface area (TPSA) is 163 Å². The van der Waals surface area contributed by atoms with Crippen molar-refractivity contribution in [3.63, 3.8) is 0 Å². The molecule has 0 spiro atoms. The average Bonchev–Trinajstić information content (AvgIpc) is 2.08. The molecular weight excluding hydrogens is 272 g/mol. The molecule has 0 rings (SSSR count). The third kappa shape index (κ3) is 2.24. The minimum Gasteiger partial charge on any atom is -0.481 e. The Morgan fingerprint density at radius 2 is 1.44 bits per heavy atom. The first-order valence-electron chi connectivity index (χ1n) is 4.35. The van der Waals surface area contributed by atoms with Crippen molar-refractivity contribution in [1.82, 2.24) is 0 Å². The Labute approximate surface area is 101 Å². The van der Waals surface area contributed by atoms with Crippen LogP contribution < -0.4 is 0 Å². The van der Waals surface area contributed by atoms with Gasteiger partial charge < -0.3 is 10.2 Å². The van der Waals surface area contributed by atoms with E-state index >= 15 is 0 Å². The predicted octanol–water partition coefficient (Wildman–Crippen LogP) is -1.42. The first kappa shape index (κ1) is 16.2. The lowest BCUT2D eigenvalue weighted by atomic mass is 9.85. The number of hydrogen-bond acceptors (Lipinski definition) is 6. The van der Waals surface area contributed by atoms with E-state index in [1.807, 2.05) is 0 Å². The quantitative estimate of drug-likeness (QED) is 0.391. The van der Waals surface area contributed by atoms with E-state index < -0.39 is 44.3 Å². The average molecular weight is 282 g/mol. The van der Waals surface area contributed by atoms with Crippen LogP contribution in [0.2, 0.25) is 0 Å². The summed E-state index contributed by atoms with van der Waals surface area (Å²) in [6.07, 6.45) is 0. The van der Waals surface area contributed by atoms with Gasteiger partial charge in [-0.1, -0.05) is 0 Å². The second-order valence-electron chi connectivity index (χ2n) is 3.45. The fourth-order valence-corrected chi connectivity index (χ4v) is 2.70. The van der Waals surface area contributed by atoms with Crippen LogP contribution in [0.4, 0.5) is 0 Å². The molecule has 0 aromatic heterocycles. The van der Waals surface area contributed by atoms with Crippen LogP contribution in [-0.4, -0.2) is 51.4 Å². The molecule has 0 aromatic rings. The zero-order valence-electron chi connectivity index (χ0n) is 9.28. The smallest absolute Gasteiger partial charge is 0.336 e. The summed E-state index contributed by atoms with van der Waals surface area (Å²) in [6.45, 7) is 1.06. The van der Waals surface area contributed by atoms with Crippen LogP contribution in [0.15, 0.2) is 0 Å². The van der Waals surface area contributed by atoms with E-state index in [2.05, 4.69) is 0 Å². The first-order valence-corrected chi connectivity index (χ1v) is 5.79. The van der Waals surface area contributed by atoms with Gasteiger partial charge in [-0.3, -0.25) is 18.9 Å². The van der Waals surface area contributed by atoms with Crippen molar-refractivity contribution in [2.45, 2.75) is 18.6 Å². The van der Waals surface area contributed by atoms with Gasteiger partial charge in [-0.15, -0.1) is 0 Å². The van der Waals surface area contributed by atoms with E-state index in [0.717, 1.165) is 0 Å². The van der Waals surface area contributed by atoms with E-state index in [0.29, 0.717) is 13.8 Å². The third-order valence-corrected chi connectivity index (χ3v) is 3.82. The Hall–Kier alpha value is -1.81. The number of carboxylic acid groups (broad SMARTS) is 2. The fraction of sp³-hybridized carbons (Fsp3) is 0.500. The predicted molar refractivity (Wildman–Crippen MR) is 54.4 cm³/mol. The van der Waals surface area contributed by atoms with E-state index in [4.69, 9.17) is 14.8 Å². The summed E-state index contributed by atoms with van der Waals surface area (Å²) in [4.78, 5) is 44.2. The second kappa shape index (κ2) is 4.82. The zero-order valence-corrected chi connectivity index (χ0v) is 10.1. The third-order valence-electron chi connectivity index (χ3n) is 2.31. The van der Waals surface area contributed by atoms with Gasteiger partial charge in [0, 0.05) is 0 Å². The minimum atomic E-state index is -5.67. The molecule has 18 heavy (non-hydrogen) atoms. The Kier molecular flexibility index (Phi) is 4.34. The van der Waals surface area contributed by atoms with Gasteiger partial charge in [0.25, 0.3) is 14.9 Å². The highest BCUT2D eigenvalue weighted by Crippen LogP contribution is 2.30. The molecule has 0 bridgehead atoms. The molecule has 0 heterocycles. The number of Topliss-reactive ketones (excluding diaryl/α,β-unsaturated/α-hetero) is 2. The highest BCUT2D eigenvalue weighted by molar-refractivity contribution is 7.89. The largest absolute Gasteiger partial charge is 0.481 e. The van der Waals surface area contributed by atoms with E-state index in [1.54, 1.807) is 0 Å². The molecule has 0 amide bonds. The Balaban J connectivity index is 6.57. The van der Waals surface area contributed by atoms with E-state index in [1.165, 1.54) is 0 Å². The Morgan fingerprint density at radius 1 is 1.06 bits per heavy atom. The van der Waals surface area contributed by atoms with Crippen LogP contribution in [0.5, 0.6) is 0 Å². The van der Waals surface area contributed by atoms with Crippen molar-refractivity contribution >= 4 is 33.6 Å². The van der Waals surface area contributed by atoms with Gasteiger partial charge >= 0.3 is 11.9 Å². The summed E-state index contributed by atoms with van der Waals surface area (Å²) in [5.41, 5.74) is 0. The van der Waals surface area contributed by atoms with Crippen molar-refractivity contribution in [3.05, 3.63) is 0 Å². The molecule has 9 nitrogen and oxygen atoms in total. The Bertz CT molecular complexity index is 487. The maximum Gasteiger partial charge on any atom is 0.336 e. The molecule has 0 fully saturated rings. The van der Waals surface area contributed by atoms with Gasteiger partial charge in [0.05, 0.1) is 0 Å². The van der Waals surface area contributed by atoms with Crippen LogP contribution in [0.25, 0.3) is 0 Å². The molecule has 0 saturated heterocycles. The molecule has 2 unspecified atom stereocenters. The second-order valence-corrected chi connectivity index (χ2v) is 5.05. The van der Waals surface area contributed by atoms with Gasteiger partial charge in [0.2, 0.25) is 0 Å². The molecule has 10 heteroatoms. The molecule has 3 N–H and O–H groups in total. The summed E-state index contributed by atoms with van der Waals surface area (Å²) in [6, 6.07) is 0. The van der Waals surface area contributed by atoms with Crippen LogP contribution in [0, 0.1) is 5.92 Å². The highest BCUT2D eigenvalue weighted by Gasteiger charge is 2.65. The number of rotatable bonds is 6. The molecule has 0 radical (unpaired) electrons. The normalized spacial score (nSPS) is 16.4. The van der Waals surface area contributed by atoms with Crippen molar-refractivity contribution < 1.29 is 42.4 Å². The number of carbonyl (C=O) groups excluding carboxylic acids is 2. The summed E-state index contributed by atoms with van der Waals surface area (Å²) in [5, 5.41) is 17.6. The number of aliphatic carboxylic acids is 2. The highest BCUT2D eigenvalue weighted by atomic mass is 32.2. The van der Waals surface area contributed by atoms with Gasteiger partial charge in [-0.05, 0) is 13.8 Å². The molecule has 2 atom stereocenters.